The van der Waals surface area contributed by atoms with Crippen LogP contribution in [-0.4, -0.2) is 25.2 Å². The van der Waals surface area contributed by atoms with E-state index in [0.717, 1.165) is 19.3 Å². The fourth-order valence-corrected chi connectivity index (χ4v) is 4.15. The van der Waals surface area contributed by atoms with E-state index >= 15 is 0 Å². The zero-order chi connectivity index (χ0) is 23.4. The highest BCUT2D eigenvalue weighted by molar-refractivity contribution is 5.91. The lowest BCUT2D eigenvalue weighted by Crippen LogP contribution is -2.29. The Bertz CT molecular complexity index is 667. The topological polar surface area (TPSA) is 52.6 Å². The van der Waals surface area contributed by atoms with Crippen LogP contribution in [-0.2, 0) is 19.1 Å². The number of hydrogen-bond donors (Lipinski definition) is 0. The first-order valence-corrected chi connectivity index (χ1v) is 11.8. The van der Waals surface area contributed by atoms with E-state index in [1.54, 1.807) is 0 Å². The molecule has 1 fully saturated rings. The first-order chi connectivity index (χ1) is 14.5. The predicted molar refractivity (Wildman–Crippen MR) is 128 cm³/mol. The second-order valence-electron chi connectivity index (χ2n) is 10.2. The zero-order valence-electron chi connectivity index (χ0n) is 20.7. The molecule has 1 aliphatic rings. The smallest absolute Gasteiger partial charge is 0.317 e. The lowest BCUT2D eigenvalue weighted by Gasteiger charge is -2.40. The molecule has 0 spiro atoms. The Morgan fingerprint density at radius 3 is 2.39 bits per heavy atom. The normalized spacial score (nSPS) is 19.5. The molecule has 0 radical (unpaired) electrons. The number of rotatable bonds is 12. The highest BCUT2D eigenvalue weighted by Crippen LogP contribution is 2.45. The van der Waals surface area contributed by atoms with E-state index in [4.69, 9.17) is 9.47 Å². The molecule has 1 saturated carbocycles. The molecule has 1 rings (SSSR count). The van der Waals surface area contributed by atoms with Crippen LogP contribution in [0.3, 0.4) is 0 Å². The molecule has 176 valence electrons. The van der Waals surface area contributed by atoms with Crippen LogP contribution in [0.15, 0.2) is 35.5 Å². The van der Waals surface area contributed by atoms with Gasteiger partial charge in [-0.1, -0.05) is 57.1 Å². The summed E-state index contributed by atoms with van der Waals surface area (Å²) in [4.78, 5) is 23.2. The van der Waals surface area contributed by atoms with Crippen molar-refractivity contribution in [3.8, 4) is 0 Å². The fraction of sp³-hybridized carbons (Fsp3) is 0.704. The van der Waals surface area contributed by atoms with Crippen molar-refractivity contribution >= 4 is 11.9 Å². The van der Waals surface area contributed by atoms with Crippen LogP contribution in [0.4, 0.5) is 0 Å². The summed E-state index contributed by atoms with van der Waals surface area (Å²) in [5.41, 5.74) is 4.43. The zero-order valence-corrected chi connectivity index (χ0v) is 20.7. The van der Waals surface area contributed by atoms with Gasteiger partial charge >= 0.3 is 11.9 Å². The van der Waals surface area contributed by atoms with Gasteiger partial charge in [0.05, 0.1) is 6.61 Å². The van der Waals surface area contributed by atoms with Crippen molar-refractivity contribution in [1.29, 1.82) is 0 Å². The third-order valence-electron chi connectivity index (χ3n) is 6.16. The summed E-state index contributed by atoms with van der Waals surface area (Å²) < 4.78 is 10.1. The summed E-state index contributed by atoms with van der Waals surface area (Å²) in [6, 6.07) is 0. The fourth-order valence-electron chi connectivity index (χ4n) is 4.15. The molecule has 0 bridgehead atoms. The van der Waals surface area contributed by atoms with E-state index in [9.17, 15) is 9.59 Å². The first kappa shape index (κ1) is 27.2. The molecule has 4 nitrogen and oxygen atoms in total. The van der Waals surface area contributed by atoms with Crippen molar-refractivity contribution in [2.45, 2.75) is 92.9 Å². The molecule has 0 heterocycles. The summed E-state index contributed by atoms with van der Waals surface area (Å²) in [6.45, 7) is 17.8. The number of esters is 2. The minimum absolute atomic E-state index is 0.198. The largest absolute Gasteiger partial charge is 0.465 e. The van der Waals surface area contributed by atoms with Crippen LogP contribution >= 0.6 is 0 Å². The second kappa shape index (κ2) is 13.5. The van der Waals surface area contributed by atoms with E-state index in [0.29, 0.717) is 17.9 Å². The lowest BCUT2D eigenvalue weighted by atomic mass is 9.65. The van der Waals surface area contributed by atoms with Crippen molar-refractivity contribution in [3.05, 3.63) is 35.5 Å². The van der Waals surface area contributed by atoms with Gasteiger partial charge in [-0.25, -0.2) is 0 Å². The Kier molecular flexibility index (Phi) is 11.9. The maximum absolute atomic E-state index is 11.7. The van der Waals surface area contributed by atoms with Gasteiger partial charge in [-0.15, -0.1) is 0 Å². The van der Waals surface area contributed by atoms with Crippen LogP contribution in [0, 0.1) is 17.3 Å². The molecule has 1 aliphatic carbocycles. The Balaban J connectivity index is 2.28. The van der Waals surface area contributed by atoms with Crippen LogP contribution in [0.5, 0.6) is 0 Å². The molecule has 0 saturated heterocycles. The molecule has 0 amide bonds. The quantitative estimate of drug-likeness (QED) is 0.190. The minimum Gasteiger partial charge on any atom is -0.465 e. The summed E-state index contributed by atoms with van der Waals surface area (Å²) >= 11 is 0. The van der Waals surface area contributed by atoms with Gasteiger partial charge in [-0.05, 0) is 82.1 Å². The standard InChI is InChI=1S/C27H44O4/c1-20(2)19-31-26(29)18-25(28)30-17-15-22(4)11-8-10-21(3)13-14-24-23(5)12-9-16-27(24,6)7/h10,15,20,24H,5,8-9,11-14,16-19H2,1-4,6-7H3/b21-10+,22-15+/t24-/m1/s1. The minimum atomic E-state index is -0.541. The lowest BCUT2D eigenvalue weighted by molar-refractivity contribution is -0.154. The molecule has 0 N–H and O–H groups in total. The van der Waals surface area contributed by atoms with E-state index in [-0.39, 0.29) is 18.9 Å². The Morgan fingerprint density at radius 2 is 1.74 bits per heavy atom. The number of carbonyl (C=O) groups excluding carboxylic acids is 2. The Morgan fingerprint density at radius 1 is 1.10 bits per heavy atom. The SMILES string of the molecule is C=C1CCCC(C)(C)[C@@H]1CC/C(C)=C/CC/C(C)=C/COC(=O)CC(=O)OCC(C)C. The molecule has 1 atom stereocenters. The average Bonchev–Trinajstić information content (AvgIpc) is 2.65. The Hall–Kier alpha value is -1.84. The molecular weight excluding hydrogens is 388 g/mol. The van der Waals surface area contributed by atoms with Crippen LogP contribution in [0.2, 0.25) is 0 Å². The van der Waals surface area contributed by atoms with Crippen molar-refractivity contribution in [3.63, 3.8) is 0 Å². The van der Waals surface area contributed by atoms with Gasteiger partial charge in [0.15, 0.2) is 0 Å². The average molecular weight is 433 g/mol. The summed E-state index contributed by atoms with van der Waals surface area (Å²) in [5.74, 6) is -0.189. The van der Waals surface area contributed by atoms with Crippen LogP contribution < -0.4 is 0 Å². The highest BCUT2D eigenvalue weighted by atomic mass is 16.6. The Labute approximate surface area is 190 Å². The summed E-state index contributed by atoms with van der Waals surface area (Å²) in [7, 11) is 0. The van der Waals surface area contributed by atoms with Gasteiger partial charge in [0, 0.05) is 0 Å². The number of ether oxygens (including phenoxy) is 2. The third-order valence-corrected chi connectivity index (χ3v) is 6.16. The first-order valence-electron chi connectivity index (χ1n) is 11.8. The maximum atomic E-state index is 11.7. The predicted octanol–water partition coefficient (Wildman–Crippen LogP) is 6.95. The number of hydrogen-bond acceptors (Lipinski definition) is 4. The summed E-state index contributed by atoms with van der Waals surface area (Å²) in [6.07, 6.45) is 11.9. The van der Waals surface area contributed by atoms with Crippen molar-refractivity contribution in [2.75, 3.05) is 13.2 Å². The van der Waals surface area contributed by atoms with E-state index in [1.165, 1.54) is 42.4 Å². The van der Waals surface area contributed by atoms with Crippen molar-refractivity contribution in [2.24, 2.45) is 17.3 Å². The van der Waals surface area contributed by atoms with E-state index < -0.39 is 11.9 Å². The molecule has 31 heavy (non-hydrogen) atoms. The van der Waals surface area contributed by atoms with Gasteiger partial charge in [-0.3, -0.25) is 9.59 Å². The molecule has 0 unspecified atom stereocenters. The van der Waals surface area contributed by atoms with Gasteiger partial charge in [0.25, 0.3) is 0 Å². The third kappa shape index (κ3) is 11.4. The molecule has 0 aromatic rings. The number of carbonyl (C=O) groups is 2. The van der Waals surface area contributed by atoms with Gasteiger partial charge in [0.2, 0.25) is 0 Å². The second-order valence-corrected chi connectivity index (χ2v) is 10.2. The van der Waals surface area contributed by atoms with Gasteiger partial charge in [-0.2, -0.15) is 0 Å². The monoisotopic (exact) mass is 432 g/mol. The molecule has 0 aliphatic heterocycles. The van der Waals surface area contributed by atoms with Gasteiger partial charge in [0.1, 0.15) is 13.0 Å². The van der Waals surface area contributed by atoms with Gasteiger partial charge < -0.3 is 9.47 Å². The molecule has 4 heteroatoms. The number of allylic oxidation sites excluding steroid dienone is 4. The highest BCUT2D eigenvalue weighted by Gasteiger charge is 2.33. The van der Waals surface area contributed by atoms with E-state index in [2.05, 4.69) is 33.4 Å². The molecule has 0 aromatic carbocycles. The molecular formula is C27H44O4. The van der Waals surface area contributed by atoms with Crippen molar-refractivity contribution < 1.29 is 19.1 Å². The van der Waals surface area contributed by atoms with Crippen LogP contribution in [0.1, 0.15) is 92.9 Å². The summed E-state index contributed by atoms with van der Waals surface area (Å²) in [5, 5.41) is 0. The van der Waals surface area contributed by atoms with E-state index in [1.807, 2.05) is 26.8 Å². The molecule has 0 aromatic heterocycles. The van der Waals surface area contributed by atoms with Crippen molar-refractivity contribution in [1.82, 2.24) is 0 Å². The van der Waals surface area contributed by atoms with Crippen LogP contribution in [0.25, 0.3) is 0 Å². The maximum Gasteiger partial charge on any atom is 0.317 e.